The Labute approximate surface area is 259 Å². The van der Waals surface area contributed by atoms with Crippen LogP contribution in [-0.2, 0) is 14.3 Å². The molecule has 0 unspecified atom stereocenters. The molecule has 1 aliphatic rings. The fourth-order valence-electron chi connectivity index (χ4n) is 4.79. The summed E-state index contributed by atoms with van der Waals surface area (Å²) in [5, 5.41) is 17.4. The average Bonchev–Trinajstić information content (AvgIpc) is 3.34. The van der Waals surface area contributed by atoms with Crippen molar-refractivity contribution in [3.8, 4) is 0 Å². The number of hydrogen-bond donors (Lipinski definition) is 2. The standard InChI is InChI=1S/C30H36FIN2O5S2/c1-17(2)20-9-22(18(3)4)28(23(10-20)19(5)6)41(37,38)39-16-30(36)14-34(15-30)29(35)24-12-40-13-27(24)33-26-8-7-21(32)11-25(26)31/h7-13,17-19,33,36H,14-16H2,1-6H3. The summed E-state index contributed by atoms with van der Waals surface area (Å²) in [5.41, 5.74) is 2.00. The third-order valence-corrected chi connectivity index (χ3v) is 9.98. The molecule has 1 aromatic heterocycles. The predicted molar refractivity (Wildman–Crippen MR) is 169 cm³/mol. The van der Waals surface area contributed by atoms with E-state index >= 15 is 0 Å². The largest absolute Gasteiger partial charge is 0.384 e. The summed E-state index contributed by atoms with van der Waals surface area (Å²) in [6.07, 6.45) is 0. The van der Waals surface area contributed by atoms with Gasteiger partial charge in [0.1, 0.15) is 16.3 Å². The Bertz CT molecular complexity index is 1520. The fraction of sp³-hybridized carbons (Fsp3) is 0.433. The van der Waals surface area contributed by atoms with Crippen molar-refractivity contribution in [2.75, 3.05) is 25.0 Å². The minimum Gasteiger partial charge on any atom is -0.384 e. The van der Waals surface area contributed by atoms with Crippen molar-refractivity contribution in [2.24, 2.45) is 0 Å². The zero-order chi connectivity index (χ0) is 30.3. The average molecular weight is 715 g/mol. The molecule has 4 rings (SSSR count). The minimum atomic E-state index is -4.20. The number of anilines is 2. The third-order valence-electron chi connectivity index (χ3n) is 7.16. The molecule has 1 saturated heterocycles. The number of likely N-dealkylation sites (tertiary alicyclic amines) is 1. The highest BCUT2D eigenvalue weighted by molar-refractivity contribution is 14.1. The van der Waals surface area contributed by atoms with Crippen molar-refractivity contribution >= 4 is 61.3 Å². The van der Waals surface area contributed by atoms with Gasteiger partial charge in [0.2, 0.25) is 0 Å². The van der Waals surface area contributed by atoms with Gasteiger partial charge in [0, 0.05) is 14.3 Å². The van der Waals surface area contributed by atoms with E-state index < -0.39 is 28.1 Å². The van der Waals surface area contributed by atoms with Crippen molar-refractivity contribution < 1.29 is 26.9 Å². The van der Waals surface area contributed by atoms with Crippen LogP contribution in [0, 0.1) is 9.39 Å². The maximum atomic E-state index is 14.4. The molecule has 222 valence electrons. The molecule has 2 N–H and O–H groups in total. The Kier molecular flexibility index (Phi) is 9.54. The Hall–Kier alpha value is -2.06. The van der Waals surface area contributed by atoms with Gasteiger partial charge < -0.3 is 15.3 Å². The number of aliphatic hydroxyl groups is 1. The van der Waals surface area contributed by atoms with Gasteiger partial charge in [0.05, 0.1) is 36.6 Å². The molecule has 11 heteroatoms. The monoisotopic (exact) mass is 714 g/mol. The smallest absolute Gasteiger partial charge is 0.297 e. The molecule has 0 aliphatic carbocycles. The Morgan fingerprint density at radius 3 is 2.20 bits per heavy atom. The van der Waals surface area contributed by atoms with Crippen molar-refractivity contribution in [1.29, 1.82) is 0 Å². The van der Waals surface area contributed by atoms with Gasteiger partial charge in [-0.05, 0) is 75.2 Å². The van der Waals surface area contributed by atoms with Crippen LogP contribution in [0.4, 0.5) is 15.8 Å². The first-order valence-electron chi connectivity index (χ1n) is 13.5. The quantitative estimate of drug-likeness (QED) is 0.171. The van der Waals surface area contributed by atoms with E-state index in [1.54, 1.807) is 22.9 Å². The van der Waals surface area contributed by atoms with Crippen LogP contribution in [0.5, 0.6) is 0 Å². The molecule has 41 heavy (non-hydrogen) atoms. The first-order chi connectivity index (χ1) is 19.1. The minimum absolute atomic E-state index is 0.0547. The van der Waals surface area contributed by atoms with Gasteiger partial charge >= 0.3 is 0 Å². The number of benzene rings is 2. The Balaban J connectivity index is 1.47. The molecule has 0 atom stereocenters. The van der Waals surface area contributed by atoms with E-state index in [9.17, 15) is 22.7 Å². The molecule has 0 bridgehead atoms. The van der Waals surface area contributed by atoms with Gasteiger partial charge in [-0.3, -0.25) is 8.98 Å². The topological polar surface area (TPSA) is 95.9 Å². The van der Waals surface area contributed by atoms with E-state index in [0.29, 0.717) is 22.4 Å². The van der Waals surface area contributed by atoms with Crippen LogP contribution in [0.25, 0.3) is 0 Å². The van der Waals surface area contributed by atoms with Crippen LogP contribution in [0.2, 0.25) is 0 Å². The summed E-state index contributed by atoms with van der Waals surface area (Å²) in [5.74, 6) is -0.655. The number of carbonyl (C=O) groups is 1. The number of nitrogens with one attached hydrogen (secondary N) is 1. The lowest BCUT2D eigenvalue weighted by molar-refractivity contribution is -0.103. The summed E-state index contributed by atoms with van der Waals surface area (Å²) >= 11 is 3.32. The number of hydrogen-bond acceptors (Lipinski definition) is 7. The Morgan fingerprint density at radius 1 is 1.05 bits per heavy atom. The van der Waals surface area contributed by atoms with Gasteiger partial charge in [-0.2, -0.15) is 8.42 Å². The van der Waals surface area contributed by atoms with Crippen LogP contribution in [-0.4, -0.2) is 49.6 Å². The molecule has 3 aromatic rings. The molecule has 1 aliphatic heterocycles. The second-order valence-corrected chi connectivity index (χ2v) is 15.1. The number of thiophene rings is 1. The fourth-order valence-corrected chi connectivity index (χ4v) is 7.66. The first-order valence-corrected chi connectivity index (χ1v) is 16.9. The molecular formula is C30H36FIN2O5S2. The molecule has 0 radical (unpaired) electrons. The summed E-state index contributed by atoms with van der Waals surface area (Å²) in [7, 11) is -4.20. The summed E-state index contributed by atoms with van der Waals surface area (Å²) in [6, 6.07) is 8.63. The van der Waals surface area contributed by atoms with Gasteiger partial charge in [-0.25, -0.2) is 4.39 Å². The number of rotatable bonds is 10. The zero-order valence-electron chi connectivity index (χ0n) is 24.0. The maximum absolute atomic E-state index is 14.4. The van der Waals surface area contributed by atoms with Gasteiger partial charge in [-0.1, -0.05) is 53.7 Å². The van der Waals surface area contributed by atoms with E-state index in [1.807, 2.05) is 62.4 Å². The first kappa shape index (κ1) is 31.9. The van der Waals surface area contributed by atoms with Crippen molar-refractivity contribution in [2.45, 2.75) is 69.8 Å². The number of carbonyl (C=O) groups excluding carboxylic acids is 1. The van der Waals surface area contributed by atoms with Crippen LogP contribution in [0.15, 0.2) is 46.0 Å². The summed E-state index contributed by atoms with van der Waals surface area (Å²) in [4.78, 5) is 14.8. The molecule has 7 nitrogen and oxygen atoms in total. The second-order valence-electron chi connectivity index (χ2n) is 11.5. The molecule has 0 spiro atoms. The number of nitrogens with zero attached hydrogens (tertiary/aromatic N) is 1. The lowest BCUT2D eigenvalue weighted by Crippen LogP contribution is -2.65. The van der Waals surface area contributed by atoms with Gasteiger partial charge in [0.15, 0.2) is 0 Å². The lowest BCUT2D eigenvalue weighted by Gasteiger charge is -2.45. The predicted octanol–water partition coefficient (Wildman–Crippen LogP) is 7.20. The summed E-state index contributed by atoms with van der Waals surface area (Å²) in [6.45, 7) is 11.3. The van der Waals surface area contributed by atoms with Crippen molar-refractivity contribution in [1.82, 2.24) is 4.90 Å². The van der Waals surface area contributed by atoms with Crippen molar-refractivity contribution in [3.05, 3.63) is 72.7 Å². The maximum Gasteiger partial charge on any atom is 0.297 e. The van der Waals surface area contributed by atoms with E-state index in [4.69, 9.17) is 4.18 Å². The molecule has 0 saturated carbocycles. The van der Waals surface area contributed by atoms with Crippen molar-refractivity contribution in [3.63, 3.8) is 0 Å². The normalized spacial score (nSPS) is 15.1. The lowest BCUT2D eigenvalue weighted by atomic mass is 9.89. The summed E-state index contributed by atoms with van der Waals surface area (Å²) < 4.78 is 47.7. The molecule has 2 heterocycles. The molecular weight excluding hydrogens is 678 g/mol. The molecule has 2 aromatic carbocycles. The highest BCUT2D eigenvalue weighted by Gasteiger charge is 2.46. The van der Waals surface area contributed by atoms with E-state index in [0.717, 1.165) is 9.13 Å². The molecule has 1 amide bonds. The van der Waals surface area contributed by atoms with Gasteiger partial charge in [0.25, 0.3) is 16.0 Å². The van der Waals surface area contributed by atoms with Crippen LogP contribution in [0.3, 0.4) is 0 Å². The van der Waals surface area contributed by atoms with E-state index in [1.165, 1.54) is 22.3 Å². The highest BCUT2D eigenvalue weighted by Crippen LogP contribution is 2.37. The van der Waals surface area contributed by atoms with Gasteiger partial charge in [-0.15, -0.1) is 11.3 Å². The Morgan fingerprint density at radius 2 is 1.66 bits per heavy atom. The number of halogens is 2. The SMILES string of the molecule is CC(C)c1cc(C(C)C)c(S(=O)(=O)OCC2(O)CN(C(=O)c3cscc3Nc3ccc(I)cc3F)C2)c(C(C)C)c1. The highest BCUT2D eigenvalue weighted by atomic mass is 127. The van der Waals surface area contributed by atoms with E-state index in [2.05, 4.69) is 19.2 Å². The van der Waals surface area contributed by atoms with Crippen LogP contribution in [0.1, 0.15) is 86.3 Å². The van der Waals surface area contributed by atoms with E-state index in [-0.39, 0.29) is 47.3 Å². The third kappa shape index (κ3) is 6.96. The second kappa shape index (κ2) is 12.3. The number of amides is 1. The number of β-amino-alcohol motifs (C(OH)–C–C–N with tert-alkyl or cyclic N) is 1. The molecule has 1 fully saturated rings. The van der Waals surface area contributed by atoms with Crippen LogP contribution < -0.4 is 5.32 Å². The zero-order valence-corrected chi connectivity index (χ0v) is 27.8. The van der Waals surface area contributed by atoms with Crippen LogP contribution >= 0.6 is 33.9 Å².